The van der Waals surface area contributed by atoms with Crippen molar-refractivity contribution in [1.29, 1.82) is 0 Å². The summed E-state index contributed by atoms with van der Waals surface area (Å²) in [6.45, 7) is 0. The van der Waals surface area contributed by atoms with Gasteiger partial charge in [0.15, 0.2) is 0 Å². The van der Waals surface area contributed by atoms with E-state index in [0.29, 0.717) is 11.2 Å². The van der Waals surface area contributed by atoms with Crippen LogP contribution in [-0.2, 0) is 19.2 Å². The fourth-order valence-corrected chi connectivity index (χ4v) is 3.07. The van der Waals surface area contributed by atoms with Crippen molar-refractivity contribution in [3.63, 3.8) is 0 Å². The molecule has 0 aliphatic carbocycles. The van der Waals surface area contributed by atoms with Crippen LogP contribution in [0.5, 0.6) is 0 Å². The Morgan fingerprint density at radius 3 is 1.28 bits per heavy atom. The minimum atomic E-state index is -1.36. The Balaban J connectivity index is 1.51. The van der Waals surface area contributed by atoms with E-state index in [4.69, 9.17) is 8.83 Å². The molecule has 1 fully saturated rings. The van der Waals surface area contributed by atoms with Crippen LogP contribution in [0, 0.1) is 0 Å². The van der Waals surface area contributed by atoms with E-state index in [-0.39, 0.29) is 21.1 Å². The maximum absolute atomic E-state index is 12.5. The molecule has 5 rings (SSSR count). The minimum Gasteiger partial charge on any atom is -0.437 e. The predicted molar refractivity (Wildman–Crippen MR) is 107 cm³/mol. The largest absolute Gasteiger partial charge is 0.437 e. The van der Waals surface area contributed by atoms with Crippen LogP contribution >= 0.6 is 0 Å². The van der Waals surface area contributed by atoms with Gasteiger partial charge < -0.3 is 8.83 Å². The highest BCUT2D eigenvalue weighted by atomic mass is 16.3. The Bertz CT molecular complexity index is 1440. The lowest BCUT2D eigenvalue weighted by atomic mass is 10.2. The summed E-state index contributed by atoms with van der Waals surface area (Å²) >= 11 is 0. The second-order valence-corrected chi connectivity index (χ2v) is 6.67. The van der Waals surface area contributed by atoms with E-state index < -0.39 is 23.6 Å². The highest BCUT2D eigenvalue weighted by molar-refractivity contribution is 6.54. The zero-order chi connectivity index (χ0) is 22.2. The third-order valence-corrected chi connectivity index (χ3v) is 4.61. The molecular weight excluding hydrogens is 416 g/mol. The van der Waals surface area contributed by atoms with Gasteiger partial charge in [-0.3, -0.25) is 19.2 Å². The van der Waals surface area contributed by atoms with Crippen LogP contribution in [0.15, 0.2) is 91.8 Å². The predicted octanol–water partition coefficient (Wildman–Crippen LogP) is 1.23. The van der Waals surface area contributed by atoms with Gasteiger partial charge in [-0.15, -0.1) is 20.2 Å². The number of para-hydroxylation sites is 2. The molecule has 1 saturated heterocycles. The van der Waals surface area contributed by atoms with Crippen molar-refractivity contribution in [2.24, 2.45) is 10.2 Å². The summed E-state index contributed by atoms with van der Waals surface area (Å²) in [5.74, 6) is -5.44. The third kappa shape index (κ3) is 3.25. The maximum atomic E-state index is 12.5. The zero-order valence-corrected chi connectivity index (χ0v) is 16.2. The summed E-state index contributed by atoms with van der Waals surface area (Å²) in [6.07, 6.45) is 0. The number of amides is 4. The third-order valence-electron chi connectivity index (χ3n) is 4.61. The summed E-state index contributed by atoms with van der Waals surface area (Å²) in [5, 5.41) is 9.36. The van der Waals surface area contributed by atoms with Crippen molar-refractivity contribution in [2.45, 2.75) is 0 Å². The summed E-state index contributed by atoms with van der Waals surface area (Å²) in [7, 11) is 0. The van der Waals surface area contributed by atoms with Crippen LogP contribution in [0.2, 0.25) is 0 Å². The van der Waals surface area contributed by atoms with E-state index in [2.05, 4.69) is 10.2 Å². The molecule has 0 unspecified atom stereocenters. The molecule has 3 heterocycles. The molecule has 2 aromatic carbocycles. The normalized spacial score (nSPS) is 16.0. The molecule has 32 heavy (non-hydrogen) atoms. The molecule has 0 atom stereocenters. The minimum absolute atomic E-state index is 0.138. The fourth-order valence-electron chi connectivity index (χ4n) is 3.07. The van der Waals surface area contributed by atoms with E-state index >= 15 is 0 Å². The number of nitrogens with zero attached hydrogens (tertiary/aromatic N) is 4. The fraction of sp³-hybridized carbons (Fsp3) is 0. The van der Waals surface area contributed by atoms with Gasteiger partial charge in [0.2, 0.25) is 11.1 Å². The molecule has 10 nitrogen and oxygen atoms in total. The van der Waals surface area contributed by atoms with Crippen LogP contribution in [0.4, 0.5) is 0 Å². The number of hydrogen-bond acceptors (Lipinski definition) is 8. The number of piperazine rings is 1. The Kier molecular flexibility index (Phi) is 4.44. The monoisotopic (exact) mass is 428 g/mol. The van der Waals surface area contributed by atoms with Gasteiger partial charge in [0.05, 0.1) is 0 Å². The molecule has 156 valence electrons. The van der Waals surface area contributed by atoms with E-state index in [1.54, 1.807) is 48.5 Å². The zero-order valence-electron chi connectivity index (χ0n) is 16.2. The Hall–Kier alpha value is -4.86. The van der Waals surface area contributed by atoms with Crippen LogP contribution in [0.1, 0.15) is 0 Å². The average Bonchev–Trinajstić information content (AvgIpc) is 2.83. The smallest absolute Gasteiger partial charge is 0.342 e. The quantitative estimate of drug-likeness (QED) is 0.349. The molecule has 0 saturated carbocycles. The van der Waals surface area contributed by atoms with E-state index in [1.807, 2.05) is 12.1 Å². The first kappa shape index (κ1) is 19.1. The van der Waals surface area contributed by atoms with E-state index in [1.165, 1.54) is 12.1 Å². The number of hydrogen-bond donors (Lipinski definition) is 0. The van der Waals surface area contributed by atoms with Gasteiger partial charge in [-0.1, -0.05) is 36.4 Å². The van der Waals surface area contributed by atoms with E-state index in [0.717, 1.165) is 10.8 Å². The lowest BCUT2D eigenvalue weighted by Gasteiger charge is -2.23. The van der Waals surface area contributed by atoms with Gasteiger partial charge >= 0.3 is 23.6 Å². The molecule has 0 bridgehead atoms. The topological polar surface area (TPSA) is 126 Å². The second-order valence-electron chi connectivity index (χ2n) is 6.67. The molecule has 1 aliphatic heterocycles. The summed E-state index contributed by atoms with van der Waals surface area (Å²) < 4.78 is 11.0. The number of carbonyl (C=O) groups is 4. The van der Waals surface area contributed by atoms with Crippen LogP contribution in [0.3, 0.4) is 0 Å². The lowest BCUT2D eigenvalue weighted by molar-refractivity contribution is -0.171. The van der Waals surface area contributed by atoms with E-state index in [9.17, 15) is 19.2 Å². The van der Waals surface area contributed by atoms with Gasteiger partial charge in [0.25, 0.3) is 0 Å². The van der Waals surface area contributed by atoms with Gasteiger partial charge in [-0.2, -0.15) is 0 Å². The molecule has 0 spiro atoms. The maximum Gasteiger partial charge on any atom is 0.342 e. The molecule has 10 heteroatoms. The summed E-state index contributed by atoms with van der Waals surface area (Å²) in [5.41, 5.74) is 0.609. The van der Waals surface area contributed by atoms with Gasteiger partial charge in [0, 0.05) is 22.9 Å². The SMILES string of the molecule is O=C1C(=O)N(/N=c2\ccc3ccccc3o2)C(=O)C(=O)N1/N=c1\ccc2ccccc2o1. The highest BCUT2D eigenvalue weighted by Gasteiger charge is 2.46. The number of fused-ring (bicyclic) bond motifs is 2. The molecule has 0 N–H and O–H groups in total. The molecule has 4 aromatic rings. The van der Waals surface area contributed by atoms with Crippen molar-refractivity contribution >= 4 is 45.6 Å². The first-order valence-electron chi connectivity index (χ1n) is 9.35. The van der Waals surface area contributed by atoms with Crippen LogP contribution in [0.25, 0.3) is 21.9 Å². The van der Waals surface area contributed by atoms with Crippen molar-refractivity contribution in [1.82, 2.24) is 10.0 Å². The average molecular weight is 428 g/mol. The molecular formula is C22H12N4O6. The number of benzene rings is 2. The van der Waals surface area contributed by atoms with Gasteiger partial charge in [-0.25, -0.2) is 0 Å². The number of carbonyl (C=O) groups excluding carboxylic acids is 4. The van der Waals surface area contributed by atoms with Crippen LogP contribution < -0.4 is 11.1 Å². The standard InChI is InChI=1S/C22H12N4O6/c27-19-21(29)26(24-18-12-10-14-6-2-4-8-16(14)32-18)22(30)20(28)25(19)23-17-11-9-13-5-1-3-7-15(13)31-17/h1-12H/b23-17+,24-18+. The Morgan fingerprint density at radius 1 is 0.500 bits per heavy atom. The number of rotatable bonds is 2. The van der Waals surface area contributed by atoms with Crippen LogP contribution in [-0.4, -0.2) is 33.6 Å². The number of imide groups is 2. The first-order valence-corrected chi connectivity index (χ1v) is 9.35. The molecule has 1 aliphatic rings. The lowest BCUT2D eigenvalue weighted by Crippen LogP contribution is -2.58. The van der Waals surface area contributed by atoms with Gasteiger partial charge in [-0.05, 0) is 24.3 Å². The van der Waals surface area contributed by atoms with Crippen molar-refractivity contribution in [3.8, 4) is 0 Å². The van der Waals surface area contributed by atoms with Crippen molar-refractivity contribution in [2.75, 3.05) is 0 Å². The Labute approximate surface area is 178 Å². The van der Waals surface area contributed by atoms with Crippen molar-refractivity contribution < 1.29 is 28.0 Å². The molecule has 2 aromatic heterocycles. The molecule has 0 radical (unpaired) electrons. The highest BCUT2D eigenvalue weighted by Crippen LogP contribution is 2.13. The van der Waals surface area contributed by atoms with Gasteiger partial charge in [0.1, 0.15) is 11.2 Å². The molecule has 4 amide bonds. The summed E-state index contributed by atoms with van der Waals surface area (Å²) in [4.78, 5) is 50.0. The first-order chi connectivity index (χ1) is 15.5. The second kappa shape index (κ2) is 7.43. The Morgan fingerprint density at radius 2 is 0.875 bits per heavy atom. The van der Waals surface area contributed by atoms with Crippen molar-refractivity contribution in [3.05, 3.63) is 83.9 Å². The summed E-state index contributed by atoms with van der Waals surface area (Å²) in [6, 6.07) is 20.1.